The van der Waals surface area contributed by atoms with Crippen molar-refractivity contribution in [2.45, 2.75) is 0 Å². The maximum absolute atomic E-state index is 6.57. The van der Waals surface area contributed by atoms with E-state index in [-0.39, 0.29) is 0 Å². The molecule has 0 saturated carbocycles. The molecule has 58 heavy (non-hydrogen) atoms. The zero-order valence-corrected chi connectivity index (χ0v) is 30.9. The summed E-state index contributed by atoms with van der Waals surface area (Å²) in [5.74, 6) is 0. The first-order chi connectivity index (χ1) is 28.8. The van der Waals surface area contributed by atoms with Gasteiger partial charge in [0.2, 0.25) is 0 Å². The highest BCUT2D eigenvalue weighted by Gasteiger charge is 2.23. The van der Waals surface area contributed by atoms with E-state index in [4.69, 9.17) is 8.83 Å². The summed E-state index contributed by atoms with van der Waals surface area (Å²) >= 11 is 0. The molecule has 13 rings (SSSR count). The molecular weight excluding hydrogens is 713 g/mol. The molecule has 0 aliphatic rings. The molecule has 13 aromatic rings. The number of para-hydroxylation sites is 4. The minimum atomic E-state index is 0.777. The molecule has 0 radical (unpaired) electrons. The molecule has 0 unspecified atom stereocenters. The predicted octanol–water partition coefficient (Wildman–Crippen LogP) is 13.8. The fourth-order valence-electron chi connectivity index (χ4n) is 9.33. The molecule has 0 aliphatic heterocycles. The fraction of sp³-hybridized carbons (Fsp3) is 0. The van der Waals surface area contributed by atoms with Crippen molar-refractivity contribution in [3.8, 4) is 33.6 Å². The van der Waals surface area contributed by atoms with Crippen molar-refractivity contribution in [2.24, 2.45) is 0 Å². The number of hydrogen-bond donors (Lipinski definition) is 0. The third-order valence-electron chi connectivity index (χ3n) is 11.8. The number of aromatic nitrogens is 4. The molecule has 0 atom stereocenters. The van der Waals surface area contributed by atoms with Gasteiger partial charge in [-0.1, -0.05) is 91.0 Å². The van der Waals surface area contributed by atoms with Crippen molar-refractivity contribution in [1.29, 1.82) is 0 Å². The van der Waals surface area contributed by atoms with E-state index < -0.39 is 0 Å². The zero-order chi connectivity index (χ0) is 37.9. The number of hydrogen-bond acceptors (Lipinski definition) is 4. The van der Waals surface area contributed by atoms with Crippen molar-refractivity contribution in [3.05, 3.63) is 182 Å². The Kier molecular flexibility index (Phi) is 6.35. The van der Waals surface area contributed by atoms with Crippen molar-refractivity contribution in [1.82, 2.24) is 19.1 Å². The molecule has 0 N–H and O–H groups in total. The lowest BCUT2D eigenvalue weighted by atomic mass is 9.92. The highest BCUT2D eigenvalue weighted by molar-refractivity contribution is 6.16. The Morgan fingerprint density at radius 3 is 1.50 bits per heavy atom. The molecule has 6 aromatic heterocycles. The van der Waals surface area contributed by atoms with Crippen LogP contribution in [0.2, 0.25) is 0 Å². The van der Waals surface area contributed by atoms with E-state index in [1.807, 2.05) is 36.7 Å². The Labute approximate surface area is 330 Å². The van der Waals surface area contributed by atoms with Gasteiger partial charge in [-0.3, -0.25) is 9.97 Å². The van der Waals surface area contributed by atoms with E-state index in [0.717, 1.165) is 105 Å². The van der Waals surface area contributed by atoms with Gasteiger partial charge in [0.05, 0.1) is 33.4 Å². The van der Waals surface area contributed by atoms with Crippen LogP contribution in [0, 0.1) is 0 Å². The van der Waals surface area contributed by atoms with Crippen LogP contribution in [0.15, 0.2) is 191 Å². The topological polar surface area (TPSA) is 61.9 Å². The molecule has 7 aromatic carbocycles. The monoisotopic (exact) mass is 742 g/mol. The Balaban J connectivity index is 1.11. The summed E-state index contributed by atoms with van der Waals surface area (Å²) in [6.45, 7) is 0. The number of rotatable bonds is 4. The number of fused-ring (bicyclic) bond motifs is 12. The van der Waals surface area contributed by atoms with Gasteiger partial charge >= 0.3 is 0 Å². The van der Waals surface area contributed by atoms with Crippen LogP contribution in [-0.4, -0.2) is 19.1 Å². The molecular formula is C52H30N4O2. The fourth-order valence-corrected chi connectivity index (χ4v) is 9.33. The number of nitrogens with zero attached hydrogens (tertiary/aromatic N) is 4. The summed E-state index contributed by atoms with van der Waals surface area (Å²) in [6.07, 6.45) is 3.65. The van der Waals surface area contributed by atoms with Gasteiger partial charge in [0, 0.05) is 44.7 Å². The van der Waals surface area contributed by atoms with Crippen molar-refractivity contribution < 1.29 is 8.83 Å². The normalized spacial score (nSPS) is 12.1. The molecule has 0 fully saturated rings. The summed E-state index contributed by atoms with van der Waals surface area (Å²) in [7, 11) is 0. The number of pyridine rings is 2. The Hall–Kier alpha value is -7.96. The molecule has 0 aliphatic carbocycles. The molecule has 270 valence electrons. The summed E-state index contributed by atoms with van der Waals surface area (Å²) in [5.41, 5.74) is 15.9. The average molecular weight is 743 g/mol. The molecule has 0 spiro atoms. The van der Waals surface area contributed by atoms with Gasteiger partial charge in [-0.25, -0.2) is 0 Å². The summed E-state index contributed by atoms with van der Waals surface area (Å²) < 4.78 is 17.9. The van der Waals surface area contributed by atoms with Gasteiger partial charge in [-0.05, 0) is 101 Å². The standard InChI is InChI=1S/C52H30N4O2/c1-2-12-31(13-3-1)39-30-46-40(34-15-5-7-19-42(34)56(46)44-21-9-17-37-50-48(58-52(37)44)23-11-27-54-50)29-38(39)32-24-25-35-33-14-4-6-18-41(33)55(45(35)28-32)43-20-8-16-36-49-47(57-51(36)43)22-10-26-53-49/h1-30H. The highest BCUT2D eigenvalue weighted by atomic mass is 16.3. The maximum Gasteiger partial charge on any atom is 0.161 e. The smallest absolute Gasteiger partial charge is 0.161 e. The van der Waals surface area contributed by atoms with Gasteiger partial charge < -0.3 is 18.0 Å². The summed E-state index contributed by atoms with van der Waals surface area (Å²) in [6, 6.07) is 60.2. The molecule has 6 heterocycles. The first kappa shape index (κ1) is 31.3. The van der Waals surface area contributed by atoms with Crippen LogP contribution in [0.5, 0.6) is 0 Å². The maximum atomic E-state index is 6.57. The molecule has 0 saturated heterocycles. The predicted molar refractivity (Wildman–Crippen MR) is 236 cm³/mol. The van der Waals surface area contributed by atoms with E-state index in [1.54, 1.807) is 0 Å². The van der Waals surface area contributed by atoms with E-state index in [9.17, 15) is 0 Å². The van der Waals surface area contributed by atoms with Crippen LogP contribution in [-0.2, 0) is 0 Å². The lowest BCUT2D eigenvalue weighted by Crippen LogP contribution is -1.96. The van der Waals surface area contributed by atoms with Crippen molar-refractivity contribution in [2.75, 3.05) is 0 Å². The summed E-state index contributed by atoms with van der Waals surface area (Å²) in [5, 5.41) is 6.70. The van der Waals surface area contributed by atoms with Gasteiger partial charge in [-0.2, -0.15) is 0 Å². The Morgan fingerprint density at radius 1 is 0.345 bits per heavy atom. The second-order valence-corrected chi connectivity index (χ2v) is 14.9. The third kappa shape index (κ3) is 4.31. The van der Waals surface area contributed by atoms with Gasteiger partial charge in [0.15, 0.2) is 22.3 Å². The lowest BCUT2D eigenvalue weighted by Gasteiger charge is -2.15. The third-order valence-corrected chi connectivity index (χ3v) is 11.8. The van der Waals surface area contributed by atoms with E-state index in [2.05, 4.69) is 165 Å². The SMILES string of the molecule is c1ccc(-c2cc3c(cc2-c2ccc4c5ccccc5n(-c5cccc6c5oc5cccnc56)c4c2)c2ccccc2n3-c2cccc3c2oc2cccnc23)cc1. The first-order valence-electron chi connectivity index (χ1n) is 19.5. The molecule has 0 bridgehead atoms. The van der Waals surface area contributed by atoms with E-state index in [0.29, 0.717) is 0 Å². The number of furan rings is 2. The van der Waals surface area contributed by atoms with Crippen LogP contribution in [0.25, 0.3) is 121 Å². The van der Waals surface area contributed by atoms with E-state index >= 15 is 0 Å². The molecule has 6 nitrogen and oxygen atoms in total. The second kappa shape index (κ2) is 11.8. The Bertz CT molecular complexity index is 3810. The average Bonchev–Trinajstić information content (AvgIpc) is 4.04. The minimum Gasteiger partial charge on any atom is -0.452 e. The van der Waals surface area contributed by atoms with Crippen molar-refractivity contribution >= 4 is 87.7 Å². The highest BCUT2D eigenvalue weighted by Crippen LogP contribution is 2.44. The largest absolute Gasteiger partial charge is 0.452 e. The molecule has 6 heteroatoms. The second-order valence-electron chi connectivity index (χ2n) is 14.9. The first-order valence-corrected chi connectivity index (χ1v) is 19.5. The van der Waals surface area contributed by atoms with E-state index in [1.165, 1.54) is 16.2 Å². The quantitative estimate of drug-likeness (QED) is 0.180. The lowest BCUT2D eigenvalue weighted by molar-refractivity contribution is 0.665. The van der Waals surface area contributed by atoms with Crippen LogP contribution in [0.4, 0.5) is 0 Å². The van der Waals surface area contributed by atoms with Gasteiger partial charge in [-0.15, -0.1) is 0 Å². The van der Waals surface area contributed by atoms with Crippen molar-refractivity contribution in [3.63, 3.8) is 0 Å². The molecule has 0 amide bonds. The van der Waals surface area contributed by atoms with Gasteiger partial charge in [0.1, 0.15) is 11.0 Å². The van der Waals surface area contributed by atoms with Crippen LogP contribution in [0.1, 0.15) is 0 Å². The van der Waals surface area contributed by atoms with Gasteiger partial charge in [0.25, 0.3) is 0 Å². The van der Waals surface area contributed by atoms with Crippen LogP contribution < -0.4 is 0 Å². The van der Waals surface area contributed by atoms with Crippen LogP contribution in [0.3, 0.4) is 0 Å². The minimum absolute atomic E-state index is 0.777. The summed E-state index contributed by atoms with van der Waals surface area (Å²) in [4.78, 5) is 9.38. The van der Waals surface area contributed by atoms with Crippen LogP contribution >= 0.6 is 0 Å². The zero-order valence-electron chi connectivity index (χ0n) is 30.9. The number of benzene rings is 7. The Morgan fingerprint density at radius 2 is 0.862 bits per heavy atom.